The molecule has 0 spiro atoms. The summed E-state index contributed by atoms with van der Waals surface area (Å²) in [6.45, 7) is 4.77. The maximum absolute atomic E-state index is 5.67. The Hall–Kier alpha value is -1.73. The monoisotopic (exact) mass is 248 g/mol. The molecule has 7 heteroatoms. The Bertz CT molecular complexity index is 553. The first-order valence-corrected chi connectivity index (χ1v) is 6.02. The van der Waals surface area contributed by atoms with Crippen LogP contribution in [0.1, 0.15) is 5.69 Å². The Morgan fingerprint density at radius 1 is 1.56 bits per heavy atom. The van der Waals surface area contributed by atoms with Crippen LogP contribution in [0.2, 0.25) is 0 Å². The molecule has 1 aliphatic heterocycles. The van der Waals surface area contributed by atoms with E-state index < -0.39 is 0 Å². The van der Waals surface area contributed by atoms with Crippen LogP contribution in [0.4, 0.5) is 5.82 Å². The largest absolute Gasteiger partial charge is 0.373 e. The van der Waals surface area contributed by atoms with E-state index in [2.05, 4.69) is 20.0 Å². The molecule has 2 N–H and O–H groups in total. The quantitative estimate of drug-likeness (QED) is 0.778. The highest BCUT2D eigenvalue weighted by molar-refractivity contribution is 5.47. The first-order chi connectivity index (χ1) is 8.78. The third-order valence-corrected chi connectivity index (χ3v) is 3.09. The lowest BCUT2D eigenvalue weighted by Crippen LogP contribution is -2.46. The smallest absolute Gasteiger partial charge is 0.254 e. The molecule has 1 aliphatic rings. The summed E-state index contributed by atoms with van der Waals surface area (Å²) in [5.74, 6) is 1.62. The molecule has 1 fully saturated rings. The molecule has 2 aromatic rings. The van der Waals surface area contributed by atoms with Crippen molar-refractivity contribution in [2.24, 2.45) is 5.73 Å². The number of nitrogens with zero attached hydrogens (tertiary/aromatic N) is 5. The normalized spacial score (nSPS) is 20.6. The van der Waals surface area contributed by atoms with E-state index in [1.807, 2.05) is 13.0 Å². The van der Waals surface area contributed by atoms with Gasteiger partial charge >= 0.3 is 0 Å². The lowest BCUT2D eigenvalue weighted by Gasteiger charge is -2.33. The summed E-state index contributed by atoms with van der Waals surface area (Å²) in [6, 6.07) is 2.01. The molecule has 0 aromatic carbocycles. The van der Waals surface area contributed by atoms with Gasteiger partial charge in [0.25, 0.3) is 5.78 Å². The average Bonchev–Trinajstić information content (AvgIpc) is 2.85. The van der Waals surface area contributed by atoms with Gasteiger partial charge < -0.3 is 15.4 Å². The molecule has 1 unspecified atom stereocenters. The van der Waals surface area contributed by atoms with Gasteiger partial charge in [0.1, 0.15) is 12.1 Å². The second-order valence-electron chi connectivity index (χ2n) is 4.40. The second kappa shape index (κ2) is 4.51. The van der Waals surface area contributed by atoms with E-state index in [-0.39, 0.29) is 6.10 Å². The zero-order valence-electron chi connectivity index (χ0n) is 10.3. The van der Waals surface area contributed by atoms with Crippen molar-refractivity contribution in [1.82, 2.24) is 19.6 Å². The van der Waals surface area contributed by atoms with Crippen LogP contribution >= 0.6 is 0 Å². The van der Waals surface area contributed by atoms with Crippen molar-refractivity contribution in [2.45, 2.75) is 13.0 Å². The second-order valence-corrected chi connectivity index (χ2v) is 4.40. The number of rotatable bonds is 2. The molecule has 0 radical (unpaired) electrons. The summed E-state index contributed by atoms with van der Waals surface area (Å²) in [4.78, 5) is 10.7. The van der Waals surface area contributed by atoms with Gasteiger partial charge in [-0.2, -0.15) is 14.6 Å². The topological polar surface area (TPSA) is 81.6 Å². The molecule has 7 nitrogen and oxygen atoms in total. The van der Waals surface area contributed by atoms with E-state index >= 15 is 0 Å². The van der Waals surface area contributed by atoms with E-state index in [1.54, 1.807) is 4.52 Å². The Morgan fingerprint density at radius 2 is 2.44 bits per heavy atom. The minimum absolute atomic E-state index is 0.0748. The minimum atomic E-state index is 0.0748. The number of anilines is 1. The molecule has 96 valence electrons. The van der Waals surface area contributed by atoms with Crippen LogP contribution in [0.3, 0.4) is 0 Å². The highest BCUT2D eigenvalue weighted by Gasteiger charge is 2.22. The standard InChI is InChI=1S/C11H16N6O/c1-8-4-10(17-11(15-8)13-7-14-17)16-2-3-18-9(5-12)6-16/h4,7,9H,2-3,5-6,12H2,1H3. The third kappa shape index (κ3) is 1.91. The van der Waals surface area contributed by atoms with Gasteiger partial charge in [-0.05, 0) is 6.92 Å². The van der Waals surface area contributed by atoms with Gasteiger partial charge in [0.2, 0.25) is 0 Å². The van der Waals surface area contributed by atoms with E-state index in [0.29, 0.717) is 18.9 Å². The summed E-state index contributed by atoms with van der Waals surface area (Å²) in [5, 5.41) is 4.22. The zero-order chi connectivity index (χ0) is 12.5. The van der Waals surface area contributed by atoms with Crippen LogP contribution in [0.15, 0.2) is 12.4 Å². The molecule has 18 heavy (non-hydrogen) atoms. The van der Waals surface area contributed by atoms with Crippen molar-refractivity contribution < 1.29 is 4.74 Å². The lowest BCUT2D eigenvalue weighted by molar-refractivity contribution is 0.0461. The van der Waals surface area contributed by atoms with Crippen LogP contribution in [0.25, 0.3) is 5.78 Å². The molecule has 1 atom stereocenters. The molecule has 0 saturated carbocycles. The Morgan fingerprint density at radius 3 is 3.28 bits per heavy atom. The van der Waals surface area contributed by atoms with Gasteiger partial charge in [-0.25, -0.2) is 4.98 Å². The first kappa shape index (κ1) is 11.4. The highest BCUT2D eigenvalue weighted by atomic mass is 16.5. The van der Waals surface area contributed by atoms with Crippen LogP contribution in [0, 0.1) is 6.92 Å². The highest BCUT2D eigenvalue weighted by Crippen LogP contribution is 2.18. The van der Waals surface area contributed by atoms with Crippen LogP contribution in [-0.4, -0.2) is 51.9 Å². The van der Waals surface area contributed by atoms with Crippen molar-refractivity contribution >= 4 is 11.6 Å². The molecule has 0 amide bonds. The van der Waals surface area contributed by atoms with Gasteiger partial charge in [-0.3, -0.25) is 0 Å². The van der Waals surface area contributed by atoms with Gasteiger partial charge in [0, 0.05) is 31.4 Å². The van der Waals surface area contributed by atoms with Crippen molar-refractivity contribution in [3.8, 4) is 0 Å². The number of aromatic nitrogens is 4. The summed E-state index contributed by atoms with van der Waals surface area (Å²) < 4.78 is 7.33. The van der Waals surface area contributed by atoms with Crippen LogP contribution in [0.5, 0.6) is 0 Å². The molecular formula is C11H16N6O. The van der Waals surface area contributed by atoms with Crippen molar-refractivity contribution in [2.75, 3.05) is 31.1 Å². The Kier molecular flexibility index (Phi) is 2.85. The molecular weight excluding hydrogens is 232 g/mol. The number of aryl methyl sites for hydroxylation is 1. The fourth-order valence-corrected chi connectivity index (χ4v) is 2.21. The third-order valence-electron chi connectivity index (χ3n) is 3.09. The van der Waals surface area contributed by atoms with E-state index in [4.69, 9.17) is 10.5 Å². The summed E-state index contributed by atoms with van der Waals surface area (Å²) in [7, 11) is 0. The molecule has 1 saturated heterocycles. The molecule has 0 bridgehead atoms. The number of ether oxygens (including phenoxy) is 1. The lowest BCUT2D eigenvalue weighted by atomic mass is 10.2. The van der Waals surface area contributed by atoms with Crippen molar-refractivity contribution in [1.29, 1.82) is 0 Å². The predicted molar refractivity (Wildman–Crippen MR) is 66.5 cm³/mol. The summed E-state index contributed by atoms with van der Waals surface area (Å²) in [6.07, 6.45) is 1.59. The Balaban J connectivity index is 2.00. The van der Waals surface area contributed by atoms with Gasteiger partial charge in [0.05, 0.1) is 12.7 Å². The van der Waals surface area contributed by atoms with Crippen molar-refractivity contribution in [3.63, 3.8) is 0 Å². The molecule has 3 heterocycles. The fourth-order valence-electron chi connectivity index (χ4n) is 2.21. The maximum atomic E-state index is 5.67. The number of nitrogens with two attached hydrogens (primary N) is 1. The van der Waals surface area contributed by atoms with Gasteiger partial charge in [0.15, 0.2) is 0 Å². The molecule has 0 aliphatic carbocycles. The van der Waals surface area contributed by atoms with Gasteiger partial charge in [-0.15, -0.1) is 0 Å². The van der Waals surface area contributed by atoms with Crippen LogP contribution < -0.4 is 10.6 Å². The van der Waals surface area contributed by atoms with Crippen LogP contribution in [-0.2, 0) is 4.74 Å². The first-order valence-electron chi connectivity index (χ1n) is 6.02. The average molecular weight is 248 g/mol. The minimum Gasteiger partial charge on any atom is -0.373 e. The number of morpholine rings is 1. The summed E-state index contributed by atoms with van der Waals surface area (Å²) >= 11 is 0. The number of fused-ring (bicyclic) bond motifs is 1. The van der Waals surface area contributed by atoms with E-state index in [9.17, 15) is 0 Å². The SMILES string of the molecule is Cc1cc(N2CCOC(CN)C2)n2ncnc2n1. The Labute approximate surface area is 105 Å². The summed E-state index contributed by atoms with van der Waals surface area (Å²) in [5.41, 5.74) is 6.60. The predicted octanol–water partition coefficient (Wildman–Crippen LogP) is -0.403. The van der Waals surface area contributed by atoms with Gasteiger partial charge in [-0.1, -0.05) is 0 Å². The zero-order valence-corrected chi connectivity index (χ0v) is 10.3. The number of hydrogen-bond acceptors (Lipinski definition) is 6. The fraction of sp³-hybridized carbons (Fsp3) is 0.545. The molecule has 3 rings (SSSR count). The van der Waals surface area contributed by atoms with E-state index in [1.165, 1.54) is 6.33 Å². The van der Waals surface area contributed by atoms with Crippen molar-refractivity contribution in [3.05, 3.63) is 18.1 Å². The van der Waals surface area contributed by atoms with E-state index in [0.717, 1.165) is 24.6 Å². The maximum Gasteiger partial charge on any atom is 0.254 e. The number of hydrogen-bond donors (Lipinski definition) is 1. The molecule has 2 aromatic heterocycles.